The molecule has 2 fully saturated rings. The first-order chi connectivity index (χ1) is 8.52. The molecular formula is C14H22F4. The molecule has 4 unspecified atom stereocenters. The molecule has 0 aromatic heterocycles. The fraction of sp³-hybridized carbons (Fsp3) is 1.00. The van der Waals surface area contributed by atoms with Crippen LogP contribution in [0.4, 0.5) is 17.6 Å². The maximum absolute atomic E-state index is 13.2. The highest BCUT2D eigenvalue weighted by molar-refractivity contribution is 4.82. The molecule has 0 aliphatic heterocycles. The lowest BCUT2D eigenvalue weighted by molar-refractivity contribution is 0.0883. The van der Waals surface area contributed by atoms with E-state index in [-0.39, 0.29) is 24.7 Å². The van der Waals surface area contributed by atoms with Crippen LogP contribution >= 0.6 is 0 Å². The van der Waals surface area contributed by atoms with Crippen molar-refractivity contribution in [2.45, 2.75) is 76.1 Å². The Labute approximate surface area is 106 Å². The van der Waals surface area contributed by atoms with Crippen molar-refractivity contribution in [2.24, 2.45) is 11.8 Å². The summed E-state index contributed by atoms with van der Waals surface area (Å²) >= 11 is 0. The Morgan fingerprint density at radius 2 is 0.778 bits per heavy atom. The number of halogens is 4. The highest BCUT2D eigenvalue weighted by atomic mass is 19.2. The second-order valence-electron chi connectivity index (χ2n) is 6.11. The zero-order valence-electron chi connectivity index (χ0n) is 10.6. The summed E-state index contributed by atoms with van der Waals surface area (Å²) in [5, 5.41) is 0. The minimum atomic E-state index is -1.03. The normalized spacial score (nSPS) is 46.0. The molecule has 0 nitrogen and oxygen atoms in total. The van der Waals surface area contributed by atoms with Gasteiger partial charge in [0.15, 0.2) is 0 Å². The molecule has 0 saturated heterocycles. The molecule has 0 N–H and O–H groups in total. The summed E-state index contributed by atoms with van der Waals surface area (Å²) in [4.78, 5) is 0. The SMILES string of the molecule is FC1CC(F)CC(CCC2CC(F)CC(F)C2)C1. The number of hydrogen-bond donors (Lipinski definition) is 0. The van der Waals surface area contributed by atoms with Gasteiger partial charge in [0.05, 0.1) is 0 Å². The minimum absolute atomic E-state index is 0.0268. The standard InChI is InChI=1S/C14H22F4/c15-11-3-9(4-12(16)7-11)1-2-10-5-13(17)8-14(18)6-10/h9-14H,1-8H2. The van der Waals surface area contributed by atoms with E-state index in [1.807, 2.05) is 0 Å². The summed E-state index contributed by atoms with van der Waals surface area (Å²) in [5.74, 6) is 0.114. The van der Waals surface area contributed by atoms with Crippen LogP contribution in [0.3, 0.4) is 0 Å². The van der Waals surface area contributed by atoms with Crippen LogP contribution in [-0.2, 0) is 0 Å². The Morgan fingerprint density at radius 3 is 1.06 bits per heavy atom. The second kappa shape index (κ2) is 6.25. The third-order valence-electron chi connectivity index (χ3n) is 4.36. The van der Waals surface area contributed by atoms with Gasteiger partial charge in [-0.1, -0.05) is 0 Å². The molecule has 0 aromatic carbocycles. The Bertz CT molecular complexity index is 212. The summed E-state index contributed by atoms with van der Waals surface area (Å²) < 4.78 is 52.9. The molecular weight excluding hydrogens is 244 g/mol. The molecule has 2 aliphatic rings. The summed E-state index contributed by atoms with van der Waals surface area (Å²) in [7, 11) is 0. The molecule has 106 valence electrons. The zero-order valence-corrected chi connectivity index (χ0v) is 10.6. The van der Waals surface area contributed by atoms with Crippen LogP contribution in [0.1, 0.15) is 51.4 Å². The van der Waals surface area contributed by atoms with Crippen LogP contribution in [0.25, 0.3) is 0 Å². The smallest absolute Gasteiger partial charge is 0.103 e. The maximum Gasteiger partial charge on any atom is 0.103 e. The average molecular weight is 266 g/mol. The largest absolute Gasteiger partial charge is 0.247 e. The van der Waals surface area contributed by atoms with Crippen molar-refractivity contribution in [1.29, 1.82) is 0 Å². The van der Waals surface area contributed by atoms with Crippen molar-refractivity contribution < 1.29 is 17.6 Å². The Balaban J connectivity index is 1.73. The van der Waals surface area contributed by atoms with Crippen LogP contribution in [0.5, 0.6) is 0 Å². The first-order valence-corrected chi connectivity index (χ1v) is 7.09. The van der Waals surface area contributed by atoms with Crippen molar-refractivity contribution in [1.82, 2.24) is 0 Å². The molecule has 0 spiro atoms. The highest BCUT2D eigenvalue weighted by Crippen LogP contribution is 2.36. The van der Waals surface area contributed by atoms with E-state index in [2.05, 4.69) is 0 Å². The first kappa shape index (κ1) is 14.1. The van der Waals surface area contributed by atoms with E-state index in [0.29, 0.717) is 38.5 Å². The highest BCUT2D eigenvalue weighted by Gasteiger charge is 2.32. The quantitative estimate of drug-likeness (QED) is 0.648. The van der Waals surface area contributed by atoms with Crippen molar-refractivity contribution >= 4 is 0 Å². The fourth-order valence-corrected chi connectivity index (χ4v) is 3.52. The number of alkyl halides is 4. The lowest BCUT2D eigenvalue weighted by Crippen LogP contribution is -2.27. The van der Waals surface area contributed by atoms with Crippen molar-refractivity contribution in [3.8, 4) is 0 Å². The van der Waals surface area contributed by atoms with Gasteiger partial charge in [0.1, 0.15) is 24.7 Å². The van der Waals surface area contributed by atoms with E-state index in [9.17, 15) is 17.6 Å². The average Bonchev–Trinajstić information content (AvgIpc) is 2.23. The Kier molecular flexibility index (Phi) is 4.91. The summed E-state index contributed by atoms with van der Waals surface area (Å²) in [6, 6.07) is 0. The molecule has 2 saturated carbocycles. The lowest BCUT2D eigenvalue weighted by atomic mass is 9.78. The van der Waals surface area contributed by atoms with Gasteiger partial charge in [-0.3, -0.25) is 0 Å². The number of hydrogen-bond acceptors (Lipinski definition) is 0. The van der Waals surface area contributed by atoms with Gasteiger partial charge in [-0.15, -0.1) is 0 Å². The zero-order chi connectivity index (χ0) is 13.1. The molecule has 0 bridgehead atoms. The summed E-state index contributed by atoms with van der Waals surface area (Å²) in [5.41, 5.74) is 0. The van der Waals surface area contributed by atoms with Crippen LogP contribution < -0.4 is 0 Å². The van der Waals surface area contributed by atoms with Gasteiger partial charge in [-0.2, -0.15) is 0 Å². The van der Waals surface area contributed by atoms with Gasteiger partial charge in [0, 0.05) is 12.8 Å². The summed E-state index contributed by atoms with van der Waals surface area (Å²) in [6.45, 7) is 0. The van der Waals surface area contributed by atoms with Crippen LogP contribution in [-0.4, -0.2) is 24.7 Å². The molecule has 2 aliphatic carbocycles. The van der Waals surface area contributed by atoms with Gasteiger partial charge in [-0.05, 0) is 50.4 Å². The topological polar surface area (TPSA) is 0 Å². The third kappa shape index (κ3) is 4.13. The third-order valence-corrected chi connectivity index (χ3v) is 4.36. The predicted molar refractivity (Wildman–Crippen MR) is 63.5 cm³/mol. The molecule has 0 amide bonds. The molecule has 0 aromatic rings. The van der Waals surface area contributed by atoms with Crippen molar-refractivity contribution in [2.75, 3.05) is 0 Å². The van der Waals surface area contributed by atoms with Gasteiger partial charge in [0.2, 0.25) is 0 Å². The van der Waals surface area contributed by atoms with Gasteiger partial charge >= 0.3 is 0 Å². The first-order valence-electron chi connectivity index (χ1n) is 7.09. The van der Waals surface area contributed by atoms with E-state index in [1.165, 1.54) is 0 Å². The van der Waals surface area contributed by atoms with Crippen molar-refractivity contribution in [3.05, 3.63) is 0 Å². The van der Waals surface area contributed by atoms with Crippen LogP contribution in [0.2, 0.25) is 0 Å². The predicted octanol–water partition coefficient (Wildman–Crippen LogP) is 4.72. The van der Waals surface area contributed by atoms with E-state index in [1.54, 1.807) is 0 Å². The van der Waals surface area contributed by atoms with E-state index in [4.69, 9.17) is 0 Å². The van der Waals surface area contributed by atoms with Crippen LogP contribution in [0, 0.1) is 11.8 Å². The molecule has 4 heteroatoms. The van der Waals surface area contributed by atoms with E-state index in [0.717, 1.165) is 0 Å². The van der Waals surface area contributed by atoms with Gasteiger partial charge in [-0.25, -0.2) is 17.6 Å². The number of rotatable bonds is 3. The van der Waals surface area contributed by atoms with E-state index >= 15 is 0 Å². The molecule has 0 heterocycles. The molecule has 2 rings (SSSR count). The second-order valence-corrected chi connectivity index (χ2v) is 6.11. The Hall–Kier alpha value is -0.280. The van der Waals surface area contributed by atoms with E-state index < -0.39 is 24.7 Å². The van der Waals surface area contributed by atoms with Gasteiger partial charge in [0.25, 0.3) is 0 Å². The molecule has 4 atom stereocenters. The monoisotopic (exact) mass is 266 g/mol. The minimum Gasteiger partial charge on any atom is -0.247 e. The lowest BCUT2D eigenvalue weighted by Gasteiger charge is -2.31. The Morgan fingerprint density at radius 1 is 0.500 bits per heavy atom. The fourth-order valence-electron chi connectivity index (χ4n) is 3.52. The summed E-state index contributed by atoms with van der Waals surface area (Å²) in [6.07, 6.45) is -0.970. The maximum atomic E-state index is 13.2. The molecule has 18 heavy (non-hydrogen) atoms. The van der Waals surface area contributed by atoms with Crippen molar-refractivity contribution in [3.63, 3.8) is 0 Å². The van der Waals surface area contributed by atoms with Crippen LogP contribution in [0.15, 0.2) is 0 Å². The molecule has 0 radical (unpaired) electrons. The van der Waals surface area contributed by atoms with Gasteiger partial charge < -0.3 is 0 Å².